The van der Waals surface area contributed by atoms with Gasteiger partial charge in [-0.2, -0.15) is 4.98 Å². The van der Waals surface area contributed by atoms with Gasteiger partial charge in [-0.15, -0.1) is 0 Å². The lowest BCUT2D eigenvalue weighted by Crippen LogP contribution is -2.33. The van der Waals surface area contributed by atoms with Gasteiger partial charge in [0.05, 0.1) is 12.4 Å². The Hall–Kier alpha value is -1.36. The van der Waals surface area contributed by atoms with Crippen molar-refractivity contribution in [2.45, 2.75) is 32.6 Å². The van der Waals surface area contributed by atoms with Crippen LogP contribution in [0.5, 0.6) is 5.88 Å². The van der Waals surface area contributed by atoms with Crippen molar-refractivity contribution in [2.75, 3.05) is 38.1 Å². The molecule has 106 valence electrons. The van der Waals surface area contributed by atoms with Gasteiger partial charge < -0.3 is 10.1 Å². The van der Waals surface area contributed by atoms with Crippen LogP contribution >= 0.6 is 0 Å². The largest absolute Gasteiger partial charge is 0.475 e. The molecule has 0 amide bonds. The molecule has 1 N–H and O–H groups in total. The van der Waals surface area contributed by atoms with E-state index in [-0.39, 0.29) is 0 Å². The lowest BCUT2D eigenvalue weighted by atomic mass is 10.1. The number of piperidine rings is 1. The smallest absolute Gasteiger partial charge is 0.234 e. The molecule has 0 unspecified atom stereocenters. The van der Waals surface area contributed by atoms with E-state index < -0.39 is 0 Å². The van der Waals surface area contributed by atoms with Crippen LogP contribution in [0.2, 0.25) is 0 Å². The molecule has 1 aromatic rings. The first-order valence-electron chi connectivity index (χ1n) is 7.29. The first kappa shape index (κ1) is 14.1. The van der Waals surface area contributed by atoms with Crippen molar-refractivity contribution >= 4 is 5.82 Å². The standard InChI is InChI=1S/C14H24N4O/c1-2-6-16-13-11-15-12-14(17-13)19-10-9-18-7-4-3-5-8-18/h11-12H,2-10H2,1H3,(H,16,17). The third-order valence-corrected chi connectivity index (χ3v) is 3.27. The topological polar surface area (TPSA) is 50.3 Å². The highest BCUT2D eigenvalue weighted by atomic mass is 16.5. The molecule has 5 nitrogen and oxygen atoms in total. The lowest BCUT2D eigenvalue weighted by molar-refractivity contribution is 0.180. The zero-order chi connectivity index (χ0) is 13.3. The molecular formula is C14H24N4O. The van der Waals surface area contributed by atoms with Crippen LogP contribution in [0.25, 0.3) is 0 Å². The molecule has 1 aromatic heterocycles. The molecule has 19 heavy (non-hydrogen) atoms. The average Bonchev–Trinajstić information content (AvgIpc) is 2.47. The number of likely N-dealkylation sites (tertiary alicyclic amines) is 1. The maximum atomic E-state index is 5.67. The van der Waals surface area contributed by atoms with Crippen LogP contribution in [0.1, 0.15) is 32.6 Å². The molecule has 1 aliphatic heterocycles. The van der Waals surface area contributed by atoms with Crippen LogP contribution in [0.4, 0.5) is 5.82 Å². The first-order valence-corrected chi connectivity index (χ1v) is 7.29. The Labute approximate surface area is 115 Å². The van der Waals surface area contributed by atoms with Crippen molar-refractivity contribution in [3.63, 3.8) is 0 Å². The summed E-state index contributed by atoms with van der Waals surface area (Å²) in [6, 6.07) is 0. The normalized spacial score (nSPS) is 16.3. The van der Waals surface area contributed by atoms with Crippen molar-refractivity contribution in [3.05, 3.63) is 12.4 Å². The molecule has 2 rings (SSSR count). The molecule has 5 heteroatoms. The molecular weight excluding hydrogens is 240 g/mol. The van der Waals surface area contributed by atoms with Crippen molar-refractivity contribution in [3.8, 4) is 5.88 Å². The fourth-order valence-corrected chi connectivity index (χ4v) is 2.22. The van der Waals surface area contributed by atoms with Crippen molar-refractivity contribution in [2.24, 2.45) is 0 Å². The average molecular weight is 264 g/mol. The molecule has 0 aromatic carbocycles. The highest BCUT2D eigenvalue weighted by Gasteiger charge is 2.09. The minimum atomic E-state index is 0.609. The van der Waals surface area contributed by atoms with E-state index in [2.05, 4.69) is 27.1 Å². The van der Waals surface area contributed by atoms with Crippen molar-refractivity contribution < 1.29 is 4.74 Å². The van der Waals surface area contributed by atoms with Gasteiger partial charge in [-0.3, -0.25) is 9.88 Å². The van der Waals surface area contributed by atoms with Gasteiger partial charge in [-0.05, 0) is 32.4 Å². The summed E-state index contributed by atoms with van der Waals surface area (Å²) in [5.74, 6) is 1.40. The van der Waals surface area contributed by atoms with Crippen LogP contribution in [0.3, 0.4) is 0 Å². The molecule has 0 radical (unpaired) electrons. The summed E-state index contributed by atoms with van der Waals surface area (Å²) < 4.78 is 5.67. The molecule has 1 fully saturated rings. The molecule has 1 saturated heterocycles. The summed E-state index contributed by atoms with van der Waals surface area (Å²) in [6.07, 6.45) is 8.47. The summed E-state index contributed by atoms with van der Waals surface area (Å²) in [5.41, 5.74) is 0. The molecule has 1 aliphatic rings. The van der Waals surface area contributed by atoms with Crippen LogP contribution in [-0.2, 0) is 0 Å². The van der Waals surface area contributed by atoms with E-state index in [4.69, 9.17) is 4.74 Å². The van der Waals surface area contributed by atoms with E-state index in [1.54, 1.807) is 12.4 Å². The number of nitrogens with one attached hydrogen (secondary N) is 1. The molecule has 0 atom stereocenters. The van der Waals surface area contributed by atoms with Gasteiger partial charge in [0.2, 0.25) is 5.88 Å². The lowest BCUT2D eigenvalue weighted by Gasteiger charge is -2.25. The second-order valence-corrected chi connectivity index (χ2v) is 4.92. The predicted octanol–water partition coefficient (Wildman–Crippen LogP) is 2.16. The quantitative estimate of drug-likeness (QED) is 0.818. The second-order valence-electron chi connectivity index (χ2n) is 4.92. The van der Waals surface area contributed by atoms with Crippen LogP contribution < -0.4 is 10.1 Å². The zero-order valence-corrected chi connectivity index (χ0v) is 11.8. The highest BCUT2D eigenvalue weighted by Crippen LogP contribution is 2.10. The van der Waals surface area contributed by atoms with Gasteiger partial charge in [-0.1, -0.05) is 13.3 Å². The Bertz CT molecular complexity index is 366. The van der Waals surface area contributed by atoms with Crippen LogP contribution in [-0.4, -0.2) is 47.7 Å². The van der Waals surface area contributed by atoms with Gasteiger partial charge in [0.25, 0.3) is 0 Å². The number of hydrogen-bond donors (Lipinski definition) is 1. The molecule has 0 spiro atoms. The van der Waals surface area contributed by atoms with Crippen LogP contribution in [0, 0.1) is 0 Å². The van der Waals surface area contributed by atoms with Crippen molar-refractivity contribution in [1.82, 2.24) is 14.9 Å². The van der Waals surface area contributed by atoms with Gasteiger partial charge in [-0.25, -0.2) is 0 Å². The fourth-order valence-electron chi connectivity index (χ4n) is 2.22. The van der Waals surface area contributed by atoms with Gasteiger partial charge in [0.15, 0.2) is 0 Å². The molecule has 2 heterocycles. The number of anilines is 1. The number of ether oxygens (including phenoxy) is 1. The Morgan fingerprint density at radius 1 is 1.26 bits per heavy atom. The number of hydrogen-bond acceptors (Lipinski definition) is 5. The Kier molecular flexibility index (Phi) is 5.88. The molecule has 0 aliphatic carbocycles. The number of rotatable bonds is 7. The maximum Gasteiger partial charge on any atom is 0.234 e. The van der Waals surface area contributed by atoms with Gasteiger partial charge in [0.1, 0.15) is 12.4 Å². The Morgan fingerprint density at radius 3 is 2.89 bits per heavy atom. The van der Waals surface area contributed by atoms with E-state index in [9.17, 15) is 0 Å². The number of aromatic nitrogens is 2. The first-order chi connectivity index (χ1) is 9.38. The summed E-state index contributed by atoms with van der Waals surface area (Å²) in [5, 5.41) is 3.21. The Morgan fingerprint density at radius 2 is 2.11 bits per heavy atom. The SMILES string of the molecule is CCCNc1cncc(OCCN2CCCCC2)n1. The summed E-state index contributed by atoms with van der Waals surface area (Å²) in [6.45, 7) is 7.10. The molecule has 0 saturated carbocycles. The minimum Gasteiger partial charge on any atom is -0.475 e. The highest BCUT2D eigenvalue weighted by molar-refractivity contribution is 5.32. The van der Waals surface area contributed by atoms with E-state index in [1.807, 2.05) is 0 Å². The monoisotopic (exact) mass is 264 g/mol. The second kappa shape index (κ2) is 7.94. The summed E-state index contributed by atoms with van der Waals surface area (Å²) >= 11 is 0. The van der Waals surface area contributed by atoms with Gasteiger partial charge >= 0.3 is 0 Å². The number of nitrogens with zero attached hydrogens (tertiary/aromatic N) is 3. The summed E-state index contributed by atoms with van der Waals surface area (Å²) in [7, 11) is 0. The van der Waals surface area contributed by atoms with Crippen LogP contribution in [0.15, 0.2) is 12.4 Å². The zero-order valence-electron chi connectivity index (χ0n) is 11.8. The minimum absolute atomic E-state index is 0.609. The van der Waals surface area contributed by atoms with E-state index >= 15 is 0 Å². The third kappa shape index (κ3) is 5.03. The Balaban J connectivity index is 1.72. The van der Waals surface area contributed by atoms with E-state index in [0.717, 1.165) is 25.3 Å². The van der Waals surface area contributed by atoms with Gasteiger partial charge in [0, 0.05) is 13.1 Å². The van der Waals surface area contributed by atoms with E-state index in [1.165, 1.54) is 32.4 Å². The predicted molar refractivity (Wildman–Crippen MR) is 76.6 cm³/mol. The maximum absolute atomic E-state index is 5.67. The third-order valence-electron chi connectivity index (χ3n) is 3.27. The molecule has 0 bridgehead atoms. The summed E-state index contributed by atoms with van der Waals surface area (Å²) in [4.78, 5) is 11.0. The fraction of sp³-hybridized carbons (Fsp3) is 0.714. The van der Waals surface area contributed by atoms with E-state index in [0.29, 0.717) is 12.5 Å². The van der Waals surface area contributed by atoms with Crippen molar-refractivity contribution in [1.29, 1.82) is 0 Å².